The molecule has 2 amide bonds. The highest BCUT2D eigenvalue weighted by Gasteiger charge is 2.19. The minimum Gasteiger partial charge on any atom is -0.504 e. The van der Waals surface area contributed by atoms with Crippen molar-refractivity contribution < 1.29 is 19.8 Å². The molecule has 0 aromatic heterocycles. The van der Waals surface area contributed by atoms with Crippen molar-refractivity contribution in [3.05, 3.63) is 23.8 Å². The fourth-order valence-corrected chi connectivity index (χ4v) is 2.30. The molecule has 0 saturated carbocycles. The quantitative estimate of drug-likeness (QED) is 0.419. The predicted octanol–water partition coefficient (Wildman–Crippen LogP) is 0.368. The van der Waals surface area contributed by atoms with Gasteiger partial charge in [0.1, 0.15) is 0 Å². The minimum absolute atomic E-state index is 0.0131. The Balaban J connectivity index is 1.87. The zero-order valence-electron chi connectivity index (χ0n) is 13.8. The van der Waals surface area contributed by atoms with Gasteiger partial charge in [0.25, 0.3) is 5.91 Å². The molecule has 1 aliphatic heterocycles. The summed E-state index contributed by atoms with van der Waals surface area (Å²) in [6.07, 6.45) is 0.144. The maximum absolute atomic E-state index is 12.2. The number of carbonyl (C=O) groups is 2. The normalized spacial score (nSPS) is 16.1. The first kappa shape index (κ1) is 17.7. The van der Waals surface area contributed by atoms with E-state index < -0.39 is 5.91 Å². The number of amides is 2. The fourth-order valence-electron chi connectivity index (χ4n) is 2.30. The Kier molecular flexibility index (Phi) is 5.75. The van der Waals surface area contributed by atoms with E-state index in [-0.39, 0.29) is 29.4 Å². The van der Waals surface area contributed by atoms with Crippen LogP contribution in [-0.2, 0) is 4.79 Å². The molecule has 0 radical (unpaired) electrons. The Morgan fingerprint density at radius 3 is 2.46 bits per heavy atom. The van der Waals surface area contributed by atoms with Gasteiger partial charge < -0.3 is 20.0 Å². The van der Waals surface area contributed by atoms with Crippen LogP contribution in [0.3, 0.4) is 0 Å². The van der Waals surface area contributed by atoms with Gasteiger partial charge in [0, 0.05) is 37.5 Å². The SMILES string of the molecule is C/C(CC(=O)N1CCN(C)CC1)=N/NC(=O)c1ccc(O)c(O)c1. The molecule has 1 heterocycles. The molecule has 0 spiro atoms. The molecule has 8 nitrogen and oxygen atoms in total. The van der Waals surface area contributed by atoms with Crippen LogP contribution < -0.4 is 5.43 Å². The number of hydrogen-bond donors (Lipinski definition) is 3. The maximum Gasteiger partial charge on any atom is 0.271 e. The van der Waals surface area contributed by atoms with E-state index in [1.54, 1.807) is 11.8 Å². The Hall–Kier alpha value is -2.61. The summed E-state index contributed by atoms with van der Waals surface area (Å²) in [7, 11) is 2.02. The van der Waals surface area contributed by atoms with Crippen LogP contribution in [0, 0.1) is 0 Å². The molecule has 2 rings (SSSR count). The molecule has 1 aliphatic rings. The number of piperazine rings is 1. The van der Waals surface area contributed by atoms with Gasteiger partial charge in [0.2, 0.25) is 5.91 Å². The van der Waals surface area contributed by atoms with Crippen LogP contribution in [0.2, 0.25) is 0 Å². The first-order valence-electron chi connectivity index (χ1n) is 7.68. The van der Waals surface area contributed by atoms with Crippen molar-refractivity contribution in [2.75, 3.05) is 33.2 Å². The molecule has 24 heavy (non-hydrogen) atoms. The summed E-state index contributed by atoms with van der Waals surface area (Å²) in [5.41, 5.74) is 2.99. The molecule has 0 atom stereocenters. The number of benzene rings is 1. The second-order valence-electron chi connectivity index (χ2n) is 5.85. The number of hydrazone groups is 1. The van der Waals surface area contributed by atoms with E-state index in [1.165, 1.54) is 12.1 Å². The molecule has 0 aliphatic carbocycles. The lowest BCUT2D eigenvalue weighted by atomic mass is 10.2. The maximum atomic E-state index is 12.2. The molecule has 1 fully saturated rings. The summed E-state index contributed by atoms with van der Waals surface area (Å²) >= 11 is 0. The van der Waals surface area contributed by atoms with Gasteiger partial charge >= 0.3 is 0 Å². The number of carbonyl (C=O) groups excluding carboxylic acids is 2. The van der Waals surface area contributed by atoms with E-state index in [4.69, 9.17) is 0 Å². The third-order valence-corrected chi connectivity index (χ3v) is 3.85. The van der Waals surface area contributed by atoms with E-state index in [9.17, 15) is 19.8 Å². The Morgan fingerprint density at radius 2 is 1.83 bits per heavy atom. The molecule has 3 N–H and O–H groups in total. The van der Waals surface area contributed by atoms with E-state index in [2.05, 4.69) is 15.4 Å². The third-order valence-electron chi connectivity index (χ3n) is 3.85. The summed E-state index contributed by atoms with van der Waals surface area (Å²) in [5, 5.41) is 22.5. The Morgan fingerprint density at radius 1 is 1.17 bits per heavy atom. The van der Waals surface area contributed by atoms with E-state index in [0.717, 1.165) is 19.2 Å². The van der Waals surface area contributed by atoms with Crippen LogP contribution in [0.25, 0.3) is 0 Å². The monoisotopic (exact) mass is 334 g/mol. The van der Waals surface area contributed by atoms with Crippen LogP contribution in [0.1, 0.15) is 23.7 Å². The van der Waals surface area contributed by atoms with Gasteiger partial charge in [-0.2, -0.15) is 5.10 Å². The molecule has 130 valence electrons. The smallest absolute Gasteiger partial charge is 0.271 e. The molecule has 8 heteroatoms. The largest absolute Gasteiger partial charge is 0.504 e. The zero-order valence-corrected chi connectivity index (χ0v) is 13.8. The lowest BCUT2D eigenvalue weighted by molar-refractivity contribution is -0.131. The zero-order chi connectivity index (χ0) is 17.7. The van der Waals surface area contributed by atoms with Crippen LogP contribution in [0.15, 0.2) is 23.3 Å². The van der Waals surface area contributed by atoms with Crippen molar-refractivity contribution in [3.8, 4) is 11.5 Å². The highest BCUT2D eigenvalue weighted by molar-refractivity contribution is 6.01. The van der Waals surface area contributed by atoms with Crippen molar-refractivity contribution in [1.82, 2.24) is 15.2 Å². The van der Waals surface area contributed by atoms with Crippen LogP contribution in [0.5, 0.6) is 11.5 Å². The third kappa shape index (κ3) is 4.69. The number of nitrogens with one attached hydrogen (secondary N) is 1. The number of phenolic OH excluding ortho intramolecular Hbond substituents is 2. The van der Waals surface area contributed by atoms with E-state index >= 15 is 0 Å². The average molecular weight is 334 g/mol. The van der Waals surface area contributed by atoms with Gasteiger partial charge in [-0.05, 0) is 32.2 Å². The highest BCUT2D eigenvalue weighted by Crippen LogP contribution is 2.24. The minimum atomic E-state index is -0.531. The summed E-state index contributed by atoms with van der Waals surface area (Å²) in [5.74, 6) is -1.23. The number of rotatable bonds is 4. The van der Waals surface area contributed by atoms with E-state index in [0.29, 0.717) is 18.8 Å². The number of aromatic hydroxyl groups is 2. The number of likely N-dealkylation sites (N-methyl/N-ethyl adjacent to an activating group) is 1. The standard InChI is InChI=1S/C16H22N4O4/c1-11(9-15(23)20-7-5-19(2)6-8-20)17-18-16(24)12-3-4-13(21)14(22)10-12/h3-4,10,21-22H,5-9H2,1-2H3,(H,18,24)/b17-11-. The first-order valence-corrected chi connectivity index (χ1v) is 7.68. The summed E-state index contributed by atoms with van der Waals surface area (Å²) in [6.45, 7) is 4.76. The lowest BCUT2D eigenvalue weighted by Crippen LogP contribution is -2.47. The van der Waals surface area contributed by atoms with Crippen molar-refractivity contribution >= 4 is 17.5 Å². The number of hydrogen-bond acceptors (Lipinski definition) is 6. The average Bonchev–Trinajstić information content (AvgIpc) is 2.55. The van der Waals surface area contributed by atoms with Crippen molar-refractivity contribution in [3.63, 3.8) is 0 Å². The topological polar surface area (TPSA) is 105 Å². The van der Waals surface area contributed by atoms with Gasteiger partial charge in [0.05, 0.1) is 6.42 Å². The van der Waals surface area contributed by atoms with E-state index in [1.807, 2.05) is 7.05 Å². The predicted molar refractivity (Wildman–Crippen MR) is 89.0 cm³/mol. The summed E-state index contributed by atoms with van der Waals surface area (Å²) in [6, 6.07) is 3.73. The van der Waals surface area contributed by atoms with Crippen molar-refractivity contribution in [2.45, 2.75) is 13.3 Å². The molecule has 1 aromatic rings. The van der Waals surface area contributed by atoms with Crippen molar-refractivity contribution in [2.24, 2.45) is 5.10 Å². The molecular weight excluding hydrogens is 312 g/mol. The molecule has 0 unspecified atom stereocenters. The van der Waals surface area contributed by atoms with Crippen LogP contribution in [-0.4, -0.2) is 70.8 Å². The molecule has 1 aromatic carbocycles. The Bertz CT molecular complexity index is 651. The summed E-state index contributed by atoms with van der Waals surface area (Å²) in [4.78, 5) is 28.0. The number of phenols is 2. The van der Waals surface area contributed by atoms with Gasteiger partial charge in [-0.15, -0.1) is 0 Å². The van der Waals surface area contributed by atoms with Gasteiger partial charge in [-0.3, -0.25) is 9.59 Å². The van der Waals surface area contributed by atoms with Crippen LogP contribution >= 0.6 is 0 Å². The first-order chi connectivity index (χ1) is 11.4. The highest BCUT2D eigenvalue weighted by atomic mass is 16.3. The Labute approximate surface area is 140 Å². The summed E-state index contributed by atoms with van der Waals surface area (Å²) < 4.78 is 0. The lowest BCUT2D eigenvalue weighted by Gasteiger charge is -2.32. The van der Waals surface area contributed by atoms with Gasteiger partial charge in [0.15, 0.2) is 11.5 Å². The number of nitrogens with zero attached hydrogens (tertiary/aromatic N) is 3. The van der Waals surface area contributed by atoms with Crippen molar-refractivity contribution in [1.29, 1.82) is 0 Å². The van der Waals surface area contributed by atoms with Gasteiger partial charge in [-0.1, -0.05) is 0 Å². The fraction of sp³-hybridized carbons (Fsp3) is 0.438. The van der Waals surface area contributed by atoms with Crippen LogP contribution in [0.4, 0.5) is 0 Å². The molecule has 0 bridgehead atoms. The molecular formula is C16H22N4O4. The second kappa shape index (κ2) is 7.78. The van der Waals surface area contributed by atoms with Gasteiger partial charge in [-0.25, -0.2) is 5.43 Å². The molecule has 1 saturated heterocycles. The second-order valence-corrected chi connectivity index (χ2v) is 5.85.